The molecule has 0 fully saturated rings. The van der Waals surface area contributed by atoms with Gasteiger partial charge in [0.15, 0.2) is 0 Å². The fourth-order valence-corrected chi connectivity index (χ4v) is 3.98. The van der Waals surface area contributed by atoms with E-state index < -0.39 is 0 Å². The van der Waals surface area contributed by atoms with Gasteiger partial charge < -0.3 is 0 Å². The number of hydrogen-bond acceptors (Lipinski definition) is 0. The van der Waals surface area contributed by atoms with Crippen LogP contribution < -0.4 is 0 Å². The lowest BCUT2D eigenvalue weighted by molar-refractivity contribution is 0.520. The summed E-state index contributed by atoms with van der Waals surface area (Å²) >= 11 is 0. The molecule has 0 heteroatoms. The second-order valence-corrected chi connectivity index (χ2v) is 8.74. The van der Waals surface area contributed by atoms with Crippen LogP contribution in [0.25, 0.3) is 0 Å². The van der Waals surface area contributed by atoms with Crippen LogP contribution in [0.3, 0.4) is 0 Å². The lowest BCUT2D eigenvalue weighted by atomic mass is 10.0. The molecule has 0 bridgehead atoms. The average Bonchev–Trinajstić information content (AvgIpc) is 2.68. The SMILES string of the molecule is CCC=CCCCCCCCCCCCCCCCCCCCCCCC. The highest BCUT2D eigenvalue weighted by molar-refractivity contribution is 4.79. The van der Waals surface area contributed by atoms with Gasteiger partial charge in [0.2, 0.25) is 0 Å². The molecule has 0 atom stereocenters. The zero-order chi connectivity index (χ0) is 19.7. The Morgan fingerprint density at radius 3 is 0.926 bits per heavy atom. The molecule has 0 N–H and O–H groups in total. The molecule has 0 aliphatic carbocycles. The average molecular weight is 379 g/mol. The van der Waals surface area contributed by atoms with E-state index in [1.807, 2.05) is 0 Å². The largest absolute Gasteiger partial charge is 0.0888 e. The number of hydrogen-bond donors (Lipinski definition) is 0. The van der Waals surface area contributed by atoms with Gasteiger partial charge >= 0.3 is 0 Å². The van der Waals surface area contributed by atoms with Crippen LogP contribution in [0.5, 0.6) is 0 Å². The Morgan fingerprint density at radius 2 is 0.630 bits per heavy atom. The molecule has 27 heavy (non-hydrogen) atoms. The van der Waals surface area contributed by atoms with Gasteiger partial charge in [0.1, 0.15) is 0 Å². The van der Waals surface area contributed by atoms with Crippen molar-refractivity contribution in [3.05, 3.63) is 12.2 Å². The maximum Gasteiger partial charge on any atom is -0.0351 e. The van der Waals surface area contributed by atoms with Crippen molar-refractivity contribution in [3.8, 4) is 0 Å². The van der Waals surface area contributed by atoms with Crippen LogP contribution in [-0.2, 0) is 0 Å². The molecule has 0 nitrogen and oxygen atoms in total. The van der Waals surface area contributed by atoms with Crippen molar-refractivity contribution in [1.82, 2.24) is 0 Å². The van der Waals surface area contributed by atoms with Crippen molar-refractivity contribution in [2.24, 2.45) is 0 Å². The maximum absolute atomic E-state index is 2.36. The highest BCUT2D eigenvalue weighted by Crippen LogP contribution is 2.15. The molecule has 0 spiro atoms. The predicted molar refractivity (Wildman–Crippen MR) is 127 cm³/mol. The minimum absolute atomic E-state index is 1.19. The van der Waals surface area contributed by atoms with E-state index >= 15 is 0 Å². The van der Waals surface area contributed by atoms with Crippen molar-refractivity contribution in [2.45, 2.75) is 162 Å². The summed E-state index contributed by atoms with van der Waals surface area (Å²) in [6, 6.07) is 0. The molecule has 0 aliphatic heterocycles. The molecular formula is C27H54. The first-order chi connectivity index (χ1) is 13.4. The van der Waals surface area contributed by atoms with E-state index in [9.17, 15) is 0 Å². The standard InChI is InChI=1S/C27H54/c1-3-5-7-9-11-13-15-17-19-21-23-25-27-26-24-22-20-18-16-14-12-10-8-6-4-2/h5,7H,3-4,6,8-27H2,1-2H3. The molecule has 0 heterocycles. The summed E-state index contributed by atoms with van der Waals surface area (Å²) in [5.74, 6) is 0. The van der Waals surface area contributed by atoms with Gasteiger partial charge in [-0.05, 0) is 19.3 Å². The monoisotopic (exact) mass is 378 g/mol. The van der Waals surface area contributed by atoms with E-state index in [1.165, 1.54) is 148 Å². The number of allylic oxidation sites excluding steroid dienone is 2. The lowest BCUT2D eigenvalue weighted by Crippen LogP contribution is -1.84. The summed E-state index contributed by atoms with van der Waals surface area (Å²) in [6.07, 6.45) is 38.0. The normalized spacial score (nSPS) is 11.6. The van der Waals surface area contributed by atoms with Crippen LogP contribution in [-0.4, -0.2) is 0 Å². The topological polar surface area (TPSA) is 0 Å². The quantitative estimate of drug-likeness (QED) is 0.122. The smallest absolute Gasteiger partial charge is 0.0351 e. The second-order valence-electron chi connectivity index (χ2n) is 8.74. The molecule has 0 aromatic carbocycles. The van der Waals surface area contributed by atoms with Crippen LogP contribution in [0, 0.1) is 0 Å². The first-order valence-electron chi connectivity index (χ1n) is 13.1. The van der Waals surface area contributed by atoms with Gasteiger partial charge in [0.25, 0.3) is 0 Å². The van der Waals surface area contributed by atoms with Crippen molar-refractivity contribution < 1.29 is 0 Å². The van der Waals surface area contributed by atoms with E-state index in [2.05, 4.69) is 26.0 Å². The fraction of sp³-hybridized carbons (Fsp3) is 0.926. The number of rotatable bonds is 23. The van der Waals surface area contributed by atoms with Gasteiger partial charge in [-0.2, -0.15) is 0 Å². The summed E-state index contributed by atoms with van der Waals surface area (Å²) in [5, 5.41) is 0. The van der Waals surface area contributed by atoms with Gasteiger partial charge in [-0.3, -0.25) is 0 Å². The zero-order valence-corrected chi connectivity index (χ0v) is 19.4. The second kappa shape index (κ2) is 25.7. The van der Waals surface area contributed by atoms with E-state index in [0.29, 0.717) is 0 Å². The Hall–Kier alpha value is -0.260. The van der Waals surface area contributed by atoms with Crippen LogP contribution in [0.1, 0.15) is 162 Å². The highest BCUT2D eigenvalue weighted by atomic mass is 14.0. The van der Waals surface area contributed by atoms with E-state index in [0.717, 1.165) is 0 Å². The van der Waals surface area contributed by atoms with Crippen LogP contribution in [0.4, 0.5) is 0 Å². The molecule has 0 radical (unpaired) electrons. The van der Waals surface area contributed by atoms with Crippen molar-refractivity contribution in [1.29, 1.82) is 0 Å². The summed E-state index contributed by atoms with van der Waals surface area (Å²) < 4.78 is 0. The molecule has 0 saturated heterocycles. The Kier molecular flexibility index (Phi) is 25.5. The van der Waals surface area contributed by atoms with Gasteiger partial charge in [0.05, 0.1) is 0 Å². The van der Waals surface area contributed by atoms with Gasteiger partial charge in [-0.25, -0.2) is 0 Å². The first kappa shape index (κ1) is 26.7. The summed E-state index contributed by atoms with van der Waals surface area (Å²) in [6.45, 7) is 4.52. The number of unbranched alkanes of at least 4 members (excludes halogenated alkanes) is 21. The van der Waals surface area contributed by atoms with E-state index in [-0.39, 0.29) is 0 Å². The predicted octanol–water partition coefficient (Wildman–Crippen LogP) is 10.6. The minimum Gasteiger partial charge on any atom is -0.0888 e. The lowest BCUT2D eigenvalue weighted by Gasteiger charge is -2.04. The van der Waals surface area contributed by atoms with Crippen molar-refractivity contribution >= 4 is 0 Å². The van der Waals surface area contributed by atoms with Crippen LogP contribution in [0.2, 0.25) is 0 Å². The molecule has 0 unspecified atom stereocenters. The molecule has 0 saturated carbocycles. The minimum atomic E-state index is 1.19. The van der Waals surface area contributed by atoms with Crippen molar-refractivity contribution in [3.63, 3.8) is 0 Å². The fourth-order valence-electron chi connectivity index (χ4n) is 3.98. The zero-order valence-electron chi connectivity index (χ0n) is 19.4. The summed E-state index contributed by atoms with van der Waals surface area (Å²) in [5.41, 5.74) is 0. The maximum atomic E-state index is 2.36. The first-order valence-corrected chi connectivity index (χ1v) is 13.1. The molecular weight excluding hydrogens is 324 g/mol. The third kappa shape index (κ3) is 25.7. The molecule has 162 valence electrons. The van der Waals surface area contributed by atoms with Crippen molar-refractivity contribution in [2.75, 3.05) is 0 Å². The van der Waals surface area contributed by atoms with Gasteiger partial charge in [-0.1, -0.05) is 154 Å². The Balaban J connectivity index is 2.98. The van der Waals surface area contributed by atoms with E-state index in [1.54, 1.807) is 0 Å². The van der Waals surface area contributed by atoms with Gasteiger partial charge in [0, 0.05) is 0 Å². The van der Waals surface area contributed by atoms with E-state index in [4.69, 9.17) is 0 Å². The molecule has 0 rings (SSSR count). The highest BCUT2D eigenvalue weighted by Gasteiger charge is 1.95. The molecule has 0 aromatic rings. The molecule has 0 aliphatic rings. The van der Waals surface area contributed by atoms with Crippen LogP contribution >= 0.6 is 0 Å². The molecule has 0 amide bonds. The summed E-state index contributed by atoms with van der Waals surface area (Å²) in [7, 11) is 0. The third-order valence-electron chi connectivity index (χ3n) is 5.88. The van der Waals surface area contributed by atoms with Gasteiger partial charge in [-0.15, -0.1) is 0 Å². The third-order valence-corrected chi connectivity index (χ3v) is 5.88. The molecule has 0 aromatic heterocycles. The summed E-state index contributed by atoms with van der Waals surface area (Å²) in [4.78, 5) is 0. The Morgan fingerprint density at radius 1 is 0.333 bits per heavy atom. The van der Waals surface area contributed by atoms with Crippen LogP contribution in [0.15, 0.2) is 12.2 Å². The Labute approximate surface area is 174 Å². The Bertz CT molecular complexity index is 265.